The molecule has 0 amide bonds. The predicted octanol–water partition coefficient (Wildman–Crippen LogP) is 4.09. The number of nitrogens with one attached hydrogen (secondary N) is 1. The second-order valence-corrected chi connectivity index (χ2v) is 6.90. The van der Waals surface area contributed by atoms with Crippen molar-refractivity contribution >= 4 is 0 Å². The van der Waals surface area contributed by atoms with Gasteiger partial charge in [-0.3, -0.25) is 0 Å². The molecule has 0 saturated carbocycles. The van der Waals surface area contributed by atoms with Crippen molar-refractivity contribution in [3.05, 3.63) is 35.9 Å². The molecule has 1 saturated heterocycles. The third-order valence-electron chi connectivity index (χ3n) is 4.95. The first-order valence-corrected chi connectivity index (χ1v) is 8.64. The molecule has 1 aromatic carbocycles. The van der Waals surface area contributed by atoms with Gasteiger partial charge in [0, 0.05) is 18.6 Å². The summed E-state index contributed by atoms with van der Waals surface area (Å²) in [5, 5.41) is 3.69. The first-order chi connectivity index (χ1) is 10.1. The third kappa shape index (κ3) is 4.55. The Balaban J connectivity index is 2.00. The molecule has 0 bridgehead atoms. The van der Waals surface area contributed by atoms with E-state index in [0.29, 0.717) is 12.0 Å². The van der Waals surface area contributed by atoms with Gasteiger partial charge in [-0.2, -0.15) is 0 Å². The van der Waals surface area contributed by atoms with Crippen LogP contribution in [0.15, 0.2) is 30.3 Å². The van der Waals surface area contributed by atoms with Gasteiger partial charge < -0.3 is 10.2 Å². The smallest absolute Gasteiger partial charge is 0.0358 e. The minimum atomic E-state index is 0.461. The van der Waals surface area contributed by atoms with E-state index in [1.807, 2.05) is 0 Å². The van der Waals surface area contributed by atoms with E-state index in [1.54, 1.807) is 0 Å². The zero-order chi connectivity index (χ0) is 15.2. The van der Waals surface area contributed by atoms with E-state index in [-0.39, 0.29) is 0 Å². The lowest BCUT2D eigenvalue weighted by Crippen LogP contribution is -2.44. The maximum Gasteiger partial charge on any atom is 0.0358 e. The fourth-order valence-electron chi connectivity index (χ4n) is 3.73. The van der Waals surface area contributed by atoms with Gasteiger partial charge in [-0.25, -0.2) is 0 Å². The van der Waals surface area contributed by atoms with E-state index in [4.69, 9.17) is 0 Å². The molecule has 2 nitrogen and oxygen atoms in total. The SMILES string of the molecule is CCNC(c1ccccc1)C(C)CN1CCC(C)CC1C. The third-order valence-corrected chi connectivity index (χ3v) is 4.95. The van der Waals surface area contributed by atoms with Crippen molar-refractivity contribution in [1.82, 2.24) is 10.2 Å². The molecule has 21 heavy (non-hydrogen) atoms. The van der Waals surface area contributed by atoms with E-state index >= 15 is 0 Å². The topological polar surface area (TPSA) is 15.3 Å². The van der Waals surface area contributed by atoms with Crippen LogP contribution < -0.4 is 5.32 Å². The fraction of sp³-hybridized carbons (Fsp3) is 0.684. The molecule has 4 unspecified atom stereocenters. The maximum atomic E-state index is 3.69. The highest BCUT2D eigenvalue weighted by atomic mass is 15.2. The zero-order valence-corrected chi connectivity index (χ0v) is 14.2. The molecule has 1 aromatic rings. The number of hydrogen-bond acceptors (Lipinski definition) is 2. The minimum absolute atomic E-state index is 0.461. The summed E-state index contributed by atoms with van der Waals surface area (Å²) in [6, 6.07) is 12.1. The van der Waals surface area contributed by atoms with Gasteiger partial charge in [0.25, 0.3) is 0 Å². The summed E-state index contributed by atoms with van der Waals surface area (Å²) in [5.41, 5.74) is 1.42. The molecule has 0 aromatic heterocycles. The summed E-state index contributed by atoms with van der Waals surface area (Å²) in [6.45, 7) is 12.9. The second-order valence-electron chi connectivity index (χ2n) is 6.90. The van der Waals surface area contributed by atoms with Crippen molar-refractivity contribution in [2.75, 3.05) is 19.6 Å². The number of benzene rings is 1. The van der Waals surface area contributed by atoms with Crippen LogP contribution in [0.3, 0.4) is 0 Å². The maximum absolute atomic E-state index is 3.69. The first kappa shape index (κ1) is 16.5. The fourth-order valence-corrected chi connectivity index (χ4v) is 3.73. The van der Waals surface area contributed by atoms with Gasteiger partial charge in [0.05, 0.1) is 0 Å². The van der Waals surface area contributed by atoms with Crippen molar-refractivity contribution in [2.45, 2.75) is 52.6 Å². The number of hydrogen-bond donors (Lipinski definition) is 1. The molecular weight excluding hydrogens is 256 g/mol. The molecule has 1 fully saturated rings. The van der Waals surface area contributed by atoms with Gasteiger partial charge in [0.2, 0.25) is 0 Å². The van der Waals surface area contributed by atoms with Crippen LogP contribution in [0.1, 0.15) is 52.1 Å². The van der Waals surface area contributed by atoms with Crippen molar-refractivity contribution in [3.63, 3.8) is 0 Å². The van der Waals surface area contributed by atoms with E-state index in [0.717, 1.165) is 18.5 Å². The summed E-state index contributed by atoms with van der Waals surface area (Å²) >= 11 is 0. The standard InChI is InChI=1S/C19H32N2/c1-5-20-19(18-9-7-6-8-10-18)16(3)14-21-12-11-15(2)13-17(21)4/h6-10,15-17,19-20H,5,11-14H2,1-4H3. The Hall–Kier alpha value is -0.860. The van der Waals surface area contributed by atoms with E-state index < -0.39 is 0 Å². The average molecular weight is 288 g/mol. The Labute approximate surface area is 130 Å². The van der Waals surface area contributed by atoms with Crippen LogP contribution in [-0.2, 0) is 0 Å². The summed E-state index contributed by atoms with van der Waals surface area (Å²) in [6.07, 6.45) is 2.71. The molecule has 118 valence electrons. The number of rotatable bonds is 6. The Morgan fingerprint density at radius 2 is 1.95 bits per heavy atom. The van der Waals surface area contributed by atoms with Crippen LogP contribution in [0.2, 0.25) is 0 Å². The Morgan fingerprint density at radius 3 is 2.57 bits per heavy atom. The van der Waals surface area contributed by atoms with Crippen LogP contribution in [0, 0.1) is 11.8 Å². The molecule has 1 N–H and O–H groups in total. The highest BCUT2D eigenvalue weighted by molar-refractivity contribution is 5.19. The molecule has 1 heterocycles. The zero-order valence-electron chi connectivity index (χ0n) is 14.2. The summed E-state index contributed by atoms with van der Waals surface area (Å²) in [5.74, 6) is 1.52. The van der Waals surface area contributed by atoms with Crippen molar-refractivity contribution in [3.8, 4) is 0 Å². The quantitative estimate of drug-likeness (QED) is 0.848. The largest absolute Gasteiger partial charge is 0.310 e. The number of likely N-dealkylation sites (tertiary alicyclic amines) is 1. The molecule has 0 aliphatic carbocycles. The lowest BCUT2D eigenvalue weighted by molar-refractivity contribution is 0.104. The van der Waals surface area contributed by atoms with Crippen LogP contribution in [0.4, 0.5) is 0 Å². The Kier molecular flexibility index (Phi) is 6.25. The molecule has 2 rings (SSSR count). The normalized spacial score (nSPS) is 26.5. The van der Waals surface area contributed by atoms with Gasteiger partial charge in [-0.15, -0.1) is 0 Å². The van der Waals surface area contributed by atoms with Gasteiger partial charge >= 0.3 is 0 Å². The van der Waals surface area contributed by atoms with E-state index in [9.17, 15) is 0 Å². The lowest BCUT2D eigenvalue weighted by atomic mass is 9.89. The predicted molar refractivity (Wildman–Crippen MR) is 91.5 cm³/mol. The second kappa shape index (κ2) is 7.95. The van der Waals surface area contributed by atoms with Gasteiger partial charge in [-0.1, -0.05) is 51.1 Å². The van der Waals surface area contributed by atoms with Gasteiger partial charge in [0.1, 0.15) is 0 Å². The summed E-state index contributed by atoms with van der Waals surface area (Å²) < 4.78 is 0. The first-order valence-electron chi connectivity index (χ1n) is 8.64. The molecular formula is C19H32N2. The van der Waals surface area contributed by atoms with Crippen molar-refractivity contribution < 1.29 is 0 Å². The lowest BCUT2D eigenvalue weighted by Gasteiger charge is -2.39. The Morgan fingerprint density at radius 1 is 1.24 bits per heavy atom. The number of nitrogens with zero attached hydrogens (tertiary/aromatic N) is 1. The Bertz CT molecular complexity index is 403. The monoisotopic (exact) mass is 288 g/mol. The van der Waals surface area contributed by atoms with Gasteiger partial charge in [0.15, 0.2) is 0 Å². The van der Waals surface area contributed by atoms with E-state index in [1.165, 1.54) is 31.5 Å². The molecule has 4 atom stereocenters. The van der Waals surface area contributed by atoms with Crippen LogP contribution >= 0.6 is 0 Å². The van der Waals surface area contributed by atoms with E-state index in [2.05, 4.69) is 68.2 Å². The number of piperidine rings is 1. The highest BCUT2D eigenvalue weighted by Gasteiger charge is 2.27. The van der Waals surface area contributed by atoms with Crippen LogP contribution in [0.5, 0.6) is 0 Å². The van der Waals surface area contributed by atoms with Crippen molar-refractivity contribution in [2.24, 2.45) is 11.8 Å². The molecule has 1 aliphatic heterocycles. The highest BCUT2D eigenvalue weighted by Crippen LogP contribution is 2.27. The summed E-state index contributed by atoms with van der Waals surface area (Å²) in [7, 11) is 0. The van der Waals surface area contributed by atoms with Crippen LogP contribution in [0.25, 0.3) is 0 Å². The average Bonchev–Trinajstić information content (AvgIpc) is 2.48. The molecule has 1 aliphatic rings. The molecule has 0 radical (unpaired) electrons. The minimum Gasteiger partial charge on any atom is -0.310 e. The van der Waals surface area contributed by atoms with Crippen LogP contribution in [-0.4, -0.2) is 30.6 Å². The van der Waals surface area contributed by atoms with Gasteiger partial charge in [-0.05, 0) is 50.3 Å². The van der Waals surface area contributed by atoms with Crippen molar-refractivity contribution in [1.29, 1.82) is 0 Å². The summed E-state index contributed by atoms with van der Waals surface area (Å²) in [4.78, 5) is 2.69. The molecule has 0 spiro atoms. The molecule has 2 heteroatoms.